The monoisotopic (exact) mass is 676 g/mol. The lowest BCUT2D eigenvalue weighted by Gasteiger charge is -2.15. The van der Waals surface area contributed by atoms with Crippen LogP contribution in [0.25, 0.3) is 110 Å². The first-order chi connectivity index (χ1) is 26.3. The Morgan fingerprint density at radius 1 is 0.396 bits per heavy atom. The third-order valence-corrected chi connectivity index (χ3v) is 10.9. The largest absolute Gasteiger partial charge is 0.456 e. The standard InChI is InChI=1S/C48H28N4O/c1-2-13-31-29(12-1)24-26-42-45(31)36-28-30(51-39-20-8-3-14-32(39)33-15-4-9-21-40(33)51)25-27-41(36)52(42)48-47(49-37-18-6-7-19-38(37)50-48)35-17-11-23-44-46(35)34-16-5-10-22-43(34)53-44/h1-28H. The maximum atomic E-state index is 6.37. The van der Waals surface area contributed by atoms with E-state index in [2.05, 4.69) is 137 Å². The summed E-state index contributed by atoms with van der Waals surface area (Å²) in [5.41, 5.74) is 10.8. The van der Waals surface area contributed by atoms with Crippen molar-refractivity contribution in [3.05, 3.63) is 170 Å². The number of hydrogen-bond donors (Lipinski definition) is 0. The van der Waals surface area contributed by atoms with Crippen molar-refractivity contribution in [2.45, 2.75) is 0 Å². The number of benzene rings is 8. The summed E-state index contributed by atoms with van der Waals surface area (Å²) in [5, 5.41) is 9.32. The molecular formula is C48H28N4O. The van der Waals surface area contributed by atoms with Crippen molar-refractivity contribution in [1.82, 2.24) is 19.1 Å². The Bertz CT molecular complexity index is 3420. The first-order valence-electron chi connectivity index (χ1n) is 17.9. The summed E-state index contributed by atoms with van der Waals surface area (Å²) in [6.45, 7) is 0. The van der Waals surface area contributed by atoms with Crippen LogP contribution in [0.1, 0.15) is 0 Å². The van der Waals surface area contributed by atoms with Crippen LogP contribution in [0.5, 0.6) is 0 Å². The minimum Gasteiger partial charge on any atom is -0.456 e. The van der Waals surface area contributed by atoms with Gasteiger partial charge in [-0.05, 0) is 71.4 Å². The summed E-state index contributed by atoms with van der Waals surface area (Å²) in [4.78, 5) is 10.9. The third kappa shape index (κ3) is 3.96. The molecule has 0 atom stereocenters. The second-order valence-corrected chi connectivity index (χ2v) is 13.7. The molecule has 0 bridgehead atoms. The van der Waals surface area contributed by atoms with Crippen LogP contribution in [0, 0.1) is 0 Å². The number of aromatic nitrogens is 4. The van der Waals surface area contributed by atoms with Gasteiger partial charge in [-0.25, -0.2) is 9.97 Å². The van der Waals surface area contributed by atoms with Gasteiger partial charge >= 0.3 is 0 Å². The lowest BCUT2D eigenvalue weighted by Crippen LogP contribution is -2.04. The lowest BCUT2D eigenvalue weighted by atomic mass is 10.0. The van der Waals surface area contributed by atoms with E-state index in [-0.39, 0.29) is 0 Å². The zero-order chi connectivity index (χ0) is 34.6. The summed E-state index contributed by atoms with van der Waals surface area (Å²) < 4.78 is 11.1. The van der Waals surface area contributed by atoms with Gasteiger partial charge in [-0.15, -0.1) is 0 Å². The fourth-order valence-electron chi connectivity index (χ4n) is 8.65. The second kappa shape index (κ2) is 10.6. The van der Waals surface area contributed by atoms with Crippen LogP contribution in [0.2, 0.25) is 0 Å². The minimum absolute atomic E-state index is 0.779. The van der Waals surface area contributed by atoms with Gasteiger partial charge in [0.15, 0.2) is 5.82 Å². The van der Waals surface area contributed by atoms with E-state index in [0.29, 0.717) is 0 Å². The predicted molar refractivity (Wildman–Crippen MR) is 218 cm³/mol. The van der Waals surface area contributed by atoms with Gasteiger partial charge in [0.25, 0.3) is 0 Å². The molecule has 4 heterocycles. The van der Waals surface area contributed by atoms with E-state index < -0.39 is 0 Å². The van der Waals surface area contributed by atoms with Crippen LogP contribution in [-0.2, 0) is 0 Å². The van der Waals surface area contributed by atoms with Crippen molar-refractivity contribution in [3.63, 3.8) is 0 Å². The van der Waals surface area contributed by atoms with Crippen molar-refractivity contribution in [1.29, 1.82) is 0 Å². The Morgan fingerprint density at radius 3 is 1.83 bits per heavy atom. The summed E-state index contributed by atoms with van der Waals surface area (Å²) in [6, 6.07) is 60.0. The number of para-hydroxylation sites is 5. The van der Waals surface area contributed by atoms with E-state index in [1.54, 1.807) is 0 Å². The van der Waals surface area contributed by atoms with E-state index in [1.165, 1.54) is 38.0 Å². The highest BCUT2D eigenvalue weighted by Gasteiger charge is 2.24. The molecule has 0 amide bonds. The number of rotatable bonds is 3. The average Bonchev–Trinajstić information content (AvgIpc) is 3.88. The second-order valence-electron chi connectivity index (χ2n) is 13.7. The van der Waals surface area contributed by atoms with Gasteiger partial charge in [0.05, 0.1) is 33.1 Å². The van der Waals surface area contributed by atoms with Crippen molar-refractivity contribution < 1.29 is 4.42 Å². The molecular weight excluding hydrogens is 649 g/mol. The summed E-state index contributed by atoms with van der Waals surface area (Å²) in [6.07, 6.45) is 0. The van der Waals surface area contributed by atoms with Crippen molar-refractivity contribution in [2.24, 2.45) is 0 Å². The fourth-order valence-corrected chi connectivity index (χ4v) is 8.65. The molecule has 0 fully saturated rings. The molecule has 246 valence electrons. The van der Waals surface area contributed by atoms with Gasteiger partial charge in [-0.2, -0.15) is 0 Å². The molecule has 0 aliphatic rings. The van der Waals surface area contributed by atoms with E-state index in [9.17, 15) is 0 Å². The van der Waals surface area contributed by atoms with Gasteiger partial charge in [0.2, 0.25) is 0 Å². The molecule has 0 unspecified atom stereocenters. The Kier molecular flexibility index (Phi) is 5.71. The van der Waals surface area contributed by atoms with Crippen LogP contribution in [0.4, 0.5) is 0 Å². The molecule has 4 aromatic heterocycles. The Morgan fingerprint density at radius 2 is 1.02 bits per heavy atom. The molecule has 0 saturated heterocycles. The molecule has 0 radical (unpaired) electrons. The van der Waals surface area contributed by atoms with Crippen LogP contribution >= 0.6 is 0 Å². The molecule has 0 aliphatic heterocycles. The van der Waals surface area contributed by atoms with Crippen LogP contribution < -0.4 is 0 Å². The Balaban J connectivity index is 1.23. The van der Waals surface area contributed by atoms with Gasteiger partial charge in [-0.1, -0.05) is 109 Å². The van der Waals surface area contributed by atoms with E-state index >= 15 is 0 Å². The summed E-state index contributed by atoms with van der Waals surface area (Å²) in [5.74, 6) is 0.779. The van der Waals surface area contributed by atoms with Gasteiger partial charge < -0.3 is 8.98 Å². The number of nitrogens with zero attached hydrogens (tertiary/aromatic N) is 4. The molecule has 0 saturated carbocycles. The van der Waals surface area contributed by atoms with Crippen molar-refractivity contribution in [3.8, 4) is 22.8 Å². The third-order valence-electron chi connectivity index (χ3n) is 10.9. The zero-order valence-electron chi connectivity index (χ0n) is 28.4. The molecule has 0 N–H and O–H groups in total. The molecule has 8 aromatic carbocycles. The highest BCUT2D eigenvalue weighted by Crippen LogP contribution is 2.43. The van der Waals surface area contributed by atoms with Gasteiger partial charge in [0, 0.05) is 43.6 Å². The van der Waals surface area contributed by atoms with Gasteiger partial charge in [-0.3, -0.25) is 4.57 Å². The molecule has 12 rings (SSSR count). The minimum atomic E-state index is 0.779. The maximum absolute atomic E-state index is 6.37. The van der Waals surface area contributed by atoms with Crippen molar-refractivity contribution >= 4 is 87.4 Å². The van der Waals surface area contributed by atoms with E-state index in [4.69, 9.17) is 14.4 Å². The number of furan rings is 1. The topological polar surface area (TPSA) is 48.8 Å². The molecule has 5 heteroatoms. The fraction of sp³-hybridized carbons (Fsp3) is 0. The highest BCUT2D eigenvalue weighted by atomic mass is 16.3. The normalized spacial score (nSPS) is 12.2. The smallest absolute Gasteiger partial charge is 0.165 e. The van der Waals surface area contributed by atoms with Crippen LogP contribution in [-0.4, -0.2) is 19.1 Å². The zero-order valence-corrected chi connectivity index (χ0v) is 28.4. The van der Waals surface area contributed by atoms with E-state index in [1.807, 2.05) is 42.5 Å². The summed E-state index contributed by atoms with van der Waals surface area (Å²) >= 11 is 0. The average molecular weight is 677 g/mol. The quantitative estimate of drug-likeness (QED) is 0.187. The first kappa shape index (κ1) is 28.5. The molecule has 12 aromatic rings. The number of fused-ring (bicyclic) bond motifs is 12. The lowest BCUT2D eigenvalue weighted by molar-refractivity contribution is 0.669. The predicted octanol–water partition coefficient (Wildman–Crippen LogP) is 12.5. The maximum Gasteiger partial charge on any atom is 0.165 e. The number of hydrogen-bond acceptors (Lipinski definition) is 3. The van der Waals surface area contributed by atoms with Gasteiger partial charge in [0.1, 0.15) is 16.9 Å². The Hall–Kier alpha value is -7.24. The SMILES string of the molecule is c1ccc2c(c1)ccc1c2c2cc(-n3c4ccccc4c4ccccc43)ccc2n1-c1nc2ccccc2nc1-c1cccc2oc3ccccc3c12. The van der Waals surface area contributed by atoms with Crippen LogP contribution in [0.3, 0.4) is 0 Å². The Labute approximate surface area is 302 Å². The van der Waals surface area contributed by atoms with Crippen LogP contribution in [0.15, 0.2) is 174 Å². The molecule has 0 aliphatic carbocycles. The van der Waals surface area contributed by atoms with E-state index in [0.717, 1.165) is 72.2 Å². The molecule has 0 spiro atoms. The summed E-state index contributed by atoms with van der Waals surface area (Å²) in [7, 11) is 0. The first-order valence-corrected chi connectivity index (χ1v) is 17.9. The van der Waals surface area contributed by atoms with Crippen molar-refractivity contribution in [2.75, 3.05) is 0 Å². The highest BCUT2D eigenvalue weighted by molar-refractivity contribution is 6.22. The molecule has 5 nitrogen and oxygen atoms in total. The molecule has 53 heavy (non-hydrogen) atoms.